The monoisotopic (exact) mass is 177 g/mol. The zero-order valence-electron chi connectivity index (χ0n) is 6.79. The van der Waals surface area contributed by atoms with Crippen LogP contribution < -0.4 is 5.14 Å². The predicted octanol–water partition coefficient (Wildman–Crippen LogP) is 0.711. The second-order valence-corrected chi connectivity index (χ2v) is 5.27. The maximum absolute atomic E-state index is 10.7. The Hall–Kier alpha value is -0.0900. The maximum atomic E-state index is 10.7. The fourth-order valence-electron chi connectivity index (χ4n) is 1.80. The molecule has 0 bridgehead atoms. The first-order valence-corrected chi connectivity index (χ1v) is 5.69. The molecule has 0 saturated heterocycles. The van der Waals surface area contributed by atoms with Gasteiger partial charge in [-0.1, -0.05) is 13.3 Å². The van der Waals surface area contributed by atoms with Crippen LogP contribution in [0, 0.1) is 11.8 Å². The lowest BCUT2D eigenvalue weighted by atomic mass is 10.1. The summed E-state index contributed by atoms with van der Waals surface area (Å²) < 4.78 is 21.3. The van der Waals surface area contributed by atoms with Crippen molar-refractivity contribution in [3.8, 4) is 0 Å². The minimum atomic E-state index is -3.23. The van der Waals surface area contributed by atoms with Gasteiger partial charge in [-0.2, -0.15) is 0 Å². The van der Waals surface area contributed by atoms with E-state index in [1.54, 1.807) is 0 Å². The summed E-state index contributed by atoms with van der Waals surface area (Å²) >= 11 is 0. The summed E-state index contributed by atoms with van der Waals surface area (Å²) in [6, 6.07) is 0. The lowest BCUT2D eigenvalue weighted by Crippen LogP contribution is -2.21. The van der Waals surface area contributed by atoms with Crippen LogP contribution in [0.2, 0.25) is 0 Å². The van der Waals surface area contributed by atoms with Crippen LogP contribution in [-0.2, 0) is 10.0 Å². The smallest absolute Gasteiger partial charge is 0.209 e. The van der Waals surface area contributed by atoms with Gasteiger partial charge < -0.3 is 0 Å². The van der Waals surface area contributed by atoms with Gasteiger partial charge in [0.1, 0.15) is 0 Å². The molecule has 0 aliphatic heterocycles. The second kappa shape index (κ2) is 3.11. The number of nitrogens with two attached hydrogens (primary N) is 1. The van der Waals surface area contributed by atoms with Gasteiger partial charge in [0.05, 0.1) is 5.75 Å². The third-order valence-electron chi connectivity index (χ3n) is 2.27. The molecule has 0 spiro atoms. The van der Waals surface area contributed by atoms with Gasteiger partial charge in [0, 0.05) is 0 Å². The van der Waals surface area contributed by atoms with Crippen molar-refractivity contribution >= 4 is 10.0 Å². The largest absolute Gasteiger partial charge is 0.229 e. The van der Waals surface area contributed by atoms with Gasteiger partial charge in [0.15, 0.2) is 0 Å². The molecule has 2 unspecified atom stereocenters. The van der Waals surface area contributed by atoms with E-state index < -0.39 is 10.0 Å². The van der Waals surface area contributed by atoms with Crippen LogP contribution in [0.15, 0.2) is 0 Å². The van der Waals surface area contributed by atoms with Crippen LogP contribution in [0.3, 0.4) is 0 Å². The first kappa shape index (κ1) is 9.00. The fraction of sp³-hybridized carbons (Fsp3) is 1.00. The van der Waals surface area contributed by atoms with Crippen LogP contribution in [-0.4, -0.2) is 14.2 Å². The molecule has 11 heavy (non-hydrogen) atoms. The van der Waals surface area contributed by atoms with E-state index in [1.165, 1.54) is 0 Å². The highest BCUT2D eigenvalue weighted by molar-refractivity contribution is 7.89. The predicted molar refractivity (Wildman–Crippen MR) is 44.5 cm³/mol. The summed E-state index contributed by atoms with van der Waals surface area (Å²) in [7, 11) is -3.23. The Morgan fingerprint density at radius 3 is 2.45 bits per heavy atom. The average Bonchev–Trinajstić information content (AvgIpc) is 2.10. The summed E-state index contributed by atoms with van der Waals surface area (Å²) in [5, 5.41) is 4.93. The highest BCUT2D eigenvalue weighted by Crippen LogP contribution is 2.30. The molecule has 1 aliphatic rings. The molecule has 1 saturated carbocycles. The average molecular weight is 177 g/mol. The highest BCUT2D eigenvalue weighted by atomic mass is 32.2. The normalized spacial score (nSPS) is 32.5. The van der Waals surface area contributed by atoms with E-state index in [-0.39, 0.29) is 5.75 Å². The van der Waals surface area contributed by atoms with Gasteiger partial charge in [0.25, 0.3) is 0 Å². The molecule has 1 rings (SSSR count). The number of hydrogen-bond donors (Lipinski definition) is 1. The third kappa shape index (κ3) is 3.20. The zero-order valence-corrected chi connectivity index (χ0v) is 7.60. The summed E-state index contributed by atoms with van der Waals surface area (Å²) in [6.07, 6.45) is 3.20. The molecule has 0 aromatic heterocycles. The first-order valence-electron chi connectivity index (χ1n) is 3.98. The second-order valence-electron chi connectivity index (χ2n) is 3.61. The Kier molecular flexibility index (Phi) is 2.54. The van der Waals surface area contributed by atoms with Crippen molar-refractivity contribution in [2.24, 2.45) is 17.0 Å². The minimum Gasteiger partial charge on any atom is -0.229 e. The Labute approximate surface area is 68.0 Å². The minimum absolute atomic E-state index is 0.178. The van der Waals surface area contributed by atoms with Crippen molar-refractivity contribution in [2.75, 3.05) is 5.75 Å². The summed E-state index contributed by atoms with van der Waals surface area (Å²) in [5.74, 6) is 1.18. The number of hydrogen-bond acceptors (Lipinski definition) is 2. The van der Waals surface area contributed by atoms with E-state index in [0.29, 0.717) is 11.8 Å². The molecule has 3 nitrogen and oxygen atoms in total. The third-order valence-corrected chi connectivity index (χ3v) is 3.21. The standard InChI is InChI=1S/C7H15NO2S/c1-6-2-3-7(4-6)5-11(8,9)10/h6-7H,2-5H2,1H3,(H2,8,9,10). The molecule has 0 aromatic rings. The molecule has 2 atom stereocenters. The van der Waals surface area contributed by atoms with Crippen molar-refractivity contribution in [1.82, 2.24) is 0 Å². The van der Waals surface area contributed by atoms with Crippen molar-refractivity contribution in [3.05, 3.63) is 0 Å². The maximum Gasteiger partial charge on any atom is 0.209 e. The molecule has 0 radical (unpaired) electrons. The zero-order chi connectivity index (χ0) is 8.48. The molecule has 0 aromatic carbocycles. The van der Waals surface area contributed by atoms with Crippen LogP contribution in [0.25, 0.3) is 0 Å². The summed E-state index contributed by atoms with van der Waals surface area (Å²) in [6.45, 7) is 2.16. The van der Waals surface area contributed by atoms with Crippen molar-refractivity contribution < 1.29 is 8.42 Å². The first-order chi connectivity index (χ1) is 4.97. The topological polar surface area (TPSA) is 60.2 Å². The summed E-state index contributed by atoms with van der Waals surface area (Å²) in [4.78, 5) is 0. The van der Waals surface area contributed by atoms with E-state index in [0.717, 1.165) is 19.3 Å². The Morgan fingerprint density at radius 2 is 2.09 bits per heavy atom. The number of rotatable bonds is 2. The van der Waals surface area contributed by atoms with Gasteiger partial charge in [0.2, 0.25) is 10.0 Å². The van der Waals surface area contributed by atoms with E-state index in [1.807, 2.05) is 0 Å². The van der Waals surface area contributed by atoms with Gasteiger partial charge in [-0.25, -0.2) is 13.6 Å². The molecule has 0 amide bonds. The fourth-order valence-corrected chi connectivity index (χ4v) is 2.76. The van der Waals surface area contributed by atoms with Gasteiger partial charge >= 0.3 is 0 Å². The highest BCUT2D eigenvalue weighted by Gasteiger charge is 2.24. The van der Waals surface area contributed by atoms with Crippen molar-refractivity contribution in [1.29, 1.82) is 0 Å². The van der Waals surface area contributed by atoms with Gasteiger partial charge in [-0.3, -0.25) is 0 Å². The van der Waals surface area contributed by atoms with Crippen LogP contribution >= 0.6 is 0 Å². The summed E-state index contributed by atoms with van der Waals surface area (Å²) in [5.41, 5.74) is 0. The van der Waals surface area contributed by atoms with E-state index in [9.17, 15) is 8.42 Å². The number of sulfonamides is 1. The SMILES string of the molecule is CC1CCC(CS(N)(=O)=O)C1. The molecule has 66 valence electrons. The van der Waals surface area contributed by atoms with Gasteiger partial charge in [-0.05, 0) is 24.7 Å². The van der Waals surface area contributed by atoms with E-state index in [4.69, 9.17) is 5.14 Å². The molecule has 1 aliphatic carbocycles. The lowest BCUT2D eigenvalue weighted by Gasteiger charge is -2.05. The molecule has 0 heterocycles. The number of primary sulfonamides is 1. The Bertz CT molecular complexity index is 223. The molecule has 2 N–H and O–H groups in total. The van der Waals surface area contributed by atoms with Crippen LogP contribution in [0.1, 0.15) is 26.2 Å². The Balaban J connectivity index is 2.41. The van der Waals surface area contributed by atoms with Gasteiger partial charge in [-0.15, -0.1) is 0 Å². The molecular weight excluding hydrogens is 162 g/mol. The van der Waals surface area contributed by atoms with E-state index >= 15 is 0 Å². The quantitative estimate of drug-likeness (QED) is 0.675. The van der Waals surface area contributed by atoms with E-state index in [2.05, 4.69) is 6.92 Å². The lowest BCUT2D eigenvalue weighted by molar-refractivity contribution is 0.537. The molecule has 1 fully saturated rings. The van der Waals surface area contributed by atoms with Crippen molar-refractivity contribution in [3.63, 3.8) is 0 Å². The van der Waals surface area contributed by atoms with Crippen LogP contribution in [0.5, 0.6) is 0 Å². The van der Waals surface area contributed by atoms with Crippen LogP contribution in [0.4, 0.5) is 0 Å². The molecule has 4 heteroatoms. The molecular formula is C7H15NO2S. The Morgan fingerprint density at radius 1 is 1.45 bits per heavy atom. The van der Waals surface area contributed by atoms with Crippen molar-refractivity contribution in [2.45, 2.75) is 26.2 Å².